The van der Waals surface area contributed by atoms with Gasteiger partial charge in [-0.3, -0.25) is 9.69 Å². The van der Waals surface area contributed by atoms with Crippen molar-refractivity contribution in [3.63, 3.8) is 0 Å². The highest BCUT2D eigenvalue weighted by Crippen LogP contribution is 2.22. The molecule has 1 aliphatic rings. The predicted octanol–water partition coefficient (Wildman–Crippen LogP) is 2.60. The first-order chi connectivity index (χ1) is 10.2. The normalized spacial score (nSPS) is 18.0. The minimum Gasteiger partial charge on any atom is -0.324 e. The minimum atomic E-state index is 0. The fourth-order valence-electron chi connectivity index (χ4n) is 3.14. The third-order valence-electron chi connectivity index (χ3n) is 4.29. The fourth-order valence-corrected chi connectivity index (χ4v) is 3.14. The van der Waals surface area contributed by atoms with Crippen molar-refractivity contribution >= 4 is 24.0 Å². The van der Waals surface area contributed by atoms with Gasteiger partial charge in [-0.05, 0) is 50.9 Å². The van der Waals surface area contributed by atoms with E-state index in [1.807, 2.05) is 13.1 Å². The van der Waals surface area contributed by atoms with E-state index < -0.39 is 0 Å². The molecule has 5 heteroatoms. The standard InChI is InChI=1S/C17H27N3O.ClH/c1-4-14-8-5-7-13(2)17(14)19-16(21)12-20-10-6-9-15(20)11-18-3;/h5,7-8,15,18H,4,6,9-12H2,1-3H3,(H,19,21);1H. The minimum absolute atomic E-state index is 0. The van der Waals surface area contributed by atoms with Crippen molar-refractivity contribution in [3.8, 4) is 0 Å². The molecule has 0 bridgehead atoms. The zero-order valence-electron chi connectivity index (χ0n) is 13.8. The van der Waals surface area contributed by atoms with E-state index in [0.29, 0.717) is 12.6 Å². The van der Waals surface area contributed by atoms with E-state index in [4.69, 9.17) is 0 Å². The summed E-state index contributed by atoms with van der Waals surface area (Å²) in [6, 6.07) is 6.67. The van der Waals surface area contributed by atoms with Crippen LogP contribution in [0.5, 0.6) is 0 Å². The Morgan fingerprint density at radius 2 is 2.18 bits per heavy atom. The number of aryl methyl sites for hydroxylation is 2. The first-order valence-electron chi connectivity index (χ1n) is 7.92. The number of rotatable bonds is 6. The van der Waals surface area contributed by atoms with Crippen LogP contribution in [0.25, 0.3) is 0 Å². The van der Waals surface area contributed by atoms with E-state index in [-0.39, 0.29) is 18.3 Å². The summed E-state index contributed by atoms with van der Waals surface area (Å²) >= 11 is 0. The Hall–Kier alpha value is -1.10. The van der Waals surface area contributed by atoms with Crippen LogP contribution in [0.2, 0.25) is 0 Å². The number of anilines is 1. The second kappa shape index (κ2) is 9.13. The number of para-hydroxylation sites is 1. The number of amides is 1. The SMILES string of the molecule is CCc1cccc(C)c1NC(=O)CN1CCCC1CNC.Cl. The molecule has 1 aliphatic heterocycles. The number of carbonyl (C=O) groups is 1. The molecular weight excluding hydrogens is 298 g/mol. The van der Waals surface area contributed by atoms with Gasteiger partial charge in [-0.1, -0.05) is 25.1 Å². The second-order valence-corrected chi connectivity index (χ2v) is 5.83. The second-order valence-electron chi connectivity index (χ2n) is 5.83. The molecule has 0 radical (unpaired) electrons. The smallest absolute Gasteiger partial charge is 0.238 e. The van der Waals surface area contributed by atoms with Crippen molar-refractivity contribution in [1.82, 2.24) is 10.2 Å². The monoisotopic (exact) mass is 325 g/mol. The average molecular weight is 326 g/mol. The van der Waals surface area contributed by atoms with Gasteiger partial charge in [0.05, 0.1) is 6.54 Å². The van der Waals surface area contributed by atoms with Crippen LogP contribution in [-0.2, 0) is 11.2 Å². The molecule has 1 fully saturated rings. The Morgan fingerprint density at radius 3 is 2.86 bits per heavy atom. The maximum Gasteiger partial charge on any atom is 0.238 e. The molecule has 22 heavy (non-hydrogen) atoms. The summed E-state index contributed by atoms with van der Waals surface area (Å²) in [6.07, 6.45) is 3.30. The summed E-state index contributed by atoms with van der Waals surface area (Å²) in [7, 11) is 1.97. The highest BCUT2D eigenvalue weighted by Gasteiger charge is 2.25. The predicted molar refractivity (Wildman–Crippen MR) is 95.0 cm³/mol. The van der Waals surface area contributed by atoms with E-state index in [9.17, 15) is 4.79 Å². The van der Waals surface area contributed by atoms with Gasteiger partial charge in [0.25, 0.3) is 0 Å². The molecule has 0 spiro atoms. The topological polar surface area (TPSA) is 44.4 Å². The maximum absolute atomic E-state index is 12.4. The van der Waals surface area contributed by atoms with Crippen molar-refractivity contribution in [2.45, 2.75) is 39.2 Å². The van der Waals surface area contributed by atoms with E-state index >= 15 is 0 Å². The average Bonchev–Trinajstić information content (AvgIpc) is 2.88. The van der Waals surface area contributed by atoms with Crippen molar-refractivity contribution in [1.29, 1.82) is 0 Å². The van der Waals surface area contributed by atoms with Gasteiger partial charge in [0, 0.05) is 18.3 Å². The molecule has 0 aliphatic carbocycles. The van der Waals surface area contributed by atoms with E-state index in [1.165, 1.54) is 18.4 Å². The summed E-state index contributed by atoms with van der Waals surface area (Å²) in [4.78, 5) is 14.7. The Labute approximate surface area is 140 Å². The van der Waals surface area contributed by atoms with Crippen LogP contribution in [0.3, 0.4) is 0 Å². The van der Waals surface area contributed by atoms with Crippen molar-refractivity contribution < 1.29 is 4.79 Å². The molecule has 124 valence electrons. The fraction of sp³-hybridized carbons (Fsp3) is 0.588. The lowest BCUT2D eigenvalue weighted by atomic mass is 10.1. The molecule has 1 atom stereocenters. The number of likely N-dealkylation sites (tertiary alicyclic amines) is 1. The Balaban J connectivity index is 0.00000242. The van der Waals surface area contributed by atoms with Crippen LogP contribution in [0.4, 0.5) is 5.69 Å². The number of hydrogen-bond donors (Lipinski definition) is 2. The van der Waals surface area contributed by atoms with Gasteiger partial charge >= 0.3 is 0 Å². The molecule has 1 aromatic carbocycles. The van der Waals surface area contributed by atoms with E-state index in [0.717, 1.165) is 30.8 Å². The lowest BCUT2D eigenvalue weighted by molar-refractivity contribution is -0.117. The van der Waals surface area contributed by atoms with Gasteiger partial charge in [0.2, 0.25) is 5.91 Å². The van der Waals surface area contributed by atoms with Gasteiger partial charge in [0.1, 0.15) is 0 Å². The van der Waals surface area contributed by atoms with Crippen molar-refractivity contribution in [3.05, 3.63) is 29.3 Å². The summed E-state index contributed by atoms with van der Waals surface area (Å²) in [5.41, 5.74) is 3.34. The molecule has 1 unspecified atom stereocenters. The van der Waals surface area contributed by atoms with Crippen molar-refractivity contribution in [2.75, 3.05) is 32.0 Å². The molecule has 0 aromatic heterocycles. The number of benzene rings is 1. The number of nitrogens with zero attached hydrogens (tertiary/aromatic N) is 1. The molecular formula is C17H28ClN3O. The van der Waals surface area contributed by atoms with E-state index in [2.05, 4.69) is 41.5 Å². The summed E-state index contributed by atoms with van der Waals surface area (Å²) in [6.45, 7) is 6.64. The zero-order chi connectivity index (χ0) is 15.2. The lowest BCUT2D eigenvalue weighted by Crippen LogP contribution is -2.41. The van der Waals surface area contributed by atoms with Gasteiger partial charge in [-0.25, -0.2) is 0 Å². The lowest BCUT2D eigenvalue weighted by Gasteiger charge is -2.24. The highest BCUT2D eigenvalue weighted by molar-refractivity contribution is 5.93. The van der Waals surface area contributed by atoms with Crippen LogP contribution in [0.1, 0.15) is 30.9 Å². The van der Waals surface area contributed by atoms with Gasteiger partial charge < -0.3 is 10.6 Å². The third-order valence-corrected chi connectivity index (χ3v) is 4.29. The molecule has 1 saturated heterocycles. The van der Waals surface area contributed by atoms with Gasteiger partial charge in [0.15, 0.2) is 0 Å². The summed E-state index contributed by atoms with van der Waals surface area (Å²) in [5.74, 6) is 0.0991. The van der Waals surface area contributed by atoms with Crippen LogP contribution in [0.15, 0.2) is 18.2 Å². The van der Waals surface area contributed by atoms with Crippen LogP contribution in [0, 0.1) is 6.92 Å². The Bertz CT molecular complexity index is 493. The molecule has 4 nitrogen and oxygen atoms in total. The first-order valence-corrected chi connectivity index (χ1v) is 7.92. The third kappa shape index (κ3) is 4.70. The summed E-state index contributed by atoms with van der Waals surface area (Å²) in [5, 5.41) is 6.33. The Kier molecular flexibility index (Phi) is 7.87. The molecule has 1 aromatic rings. The molecule has 1 heterocycles. The van der Waals surface area contributed by atoms with Crippen molar-refractivity contribution in [2.24, 2.45) is 0 Å². The summed E-state index contributed by atoms with van der Waals surface area (Å²) < 4.78 is 0. The molecule has 0 saturated carbocycles. The highest BCUT2D eigenvalue weighted by atomic mass is 35.5. The maximum atomic E-state index is 12.4. The van der Waals surface area contributed by atoms with Crippen LogP contribution >= 0.6 is 12.4 Å². The van der Waals surface area contributed by atoms with Gasteiger partial charge in [-0.2, -0.15) is 0 Å². The van der Waals surface area contributed by atoms with Crippen LogP contribution < -0.4 is 10.6 Å². The largest absolute Gasteiger partial charge is 0.324 e. The number of carbonyl (C=O) groups excluding carboxylic acids is 1. The number of nitrogens with one attached hydrogen (secondary N) is 2. The number of likely N-dealkylation sites (N-methyl/N-ethyl adjacent to an activating group) is 1. The van der Waals surface area contributed by atoms with Gasteiger partial charge in [-0.15, -0.1) is 12.4 Å². The number of halogens is 1. The van der Waals surface area contributed by atoms with E-state index in [1.54, 1.807) is 0 Å². The van der Waals surface area contributed by atoms with Crippen LogP contribution in [-0.4, -0.2) is 43.5 Å². The molecule has 2 N–H and O–H groups in total. The molecule has 1 amide bonds. The molecule has 2 rings (SSSR count). The number of hydrogen-bond acceptors (Lipinski definition) is 3. The Morgan fingerprint density at radius 1 is 1.41 bits per heavy atom. The first kappa shape index (κ1) is 18.9. The quantitative estimate of drug-likeness (QED) is 0.845. The zero-order valence-corrected chi connectivity index (χ0v) is 14.6.